The third kappa shape index (κ3) is 4.61. The molecule has 9 heteroatoms. The first-order valence-corrected chi connectivity index (χ1v) is 10.2. The van der Waals surface area contributed by atoms with Crippen LogP contribution in [0.3, 0.4) is 0 Å². The average Bonchev–Trinajstić information content (AvgIpc) is 2.69. The molecule has 0 aliphatic carbocycles. The van der Waals surface area contributed by atoms with Crippen molar-refractivity contribution in [3.63, 3.8) is 0 Å². The maximum Gasteiger partial charge on any atom is 0.159 e. The van der Waals surface area contributed by atoms with E-state index in [4.69, 9.17) is 40.5 Å². The van der Waals surface area contributed by atoms with Gasteiger partial charge in [0.25, 0.3) is 0 Å². The highest BCUT2D eigenvalue weighted by molar-refractivity contribution is 6.35. The molecule has 150 valence electrons. The van der Waals surface area contributed by atoms with Crippen LogP contribution in [0.25, 0.3) is 0 Å². The Hall–Kier alpha value is -2.41. The minimum atomic E-state index is 0.486. The van der Waals surface area contributed by atoms with Crippen molar-refractivity contribution in [2.75, 3.05) is 47.0 Å². The number of nitrogen functional groups attached to an aromatic ring is 1. The number of nitrogens with two attached hydrogens (primary N) is 1. The molecule has 0 amide bonds. The van der Waals surface area contributed by atoms with Gasteiger partial charge in [0.1, 0.15) is 12.0 Å². The molecule has 1 aliphatic rings. The van der Waals surface area contributed by atoms with Crippen molar-refractivity contribution in [2.45, 2.75) is 0 Å². The Labute approximate surface area is 184 Å². The molecule has 2 aromatic carbocycles. The summed E-state index contributed by atoms with van der Waals surface area (Å²) in [5.41, 5.74) is 8.69. The highest BCUT2D eigenvalue weighted by atomic mass is 35.5. The first kappa shape index (κ1) is 19.9. The van der Waals surface area contributed by atoms with Crippen LogP contribution < -0.4 is 20.9 Å². The highest BCUT2D eigenvalue weighted by Crippen LogP contribution is 2.31. The number of nitrogens with zero attached hydrogens (tertiary/aromatic N) is 4. The van der Waals surface area contributed by atoms with Gasteiger partial charge in [-0.1, -0.05) is 40.9 Å². The Morgan fingerprint density at radius 2 is 1.52 bits per heavy atom. The zero-order valence-corrected chi connectivity index (χ0v) is 17.7. The third-order valence-electron chi connectivity index (χ3n) is 4.74. The van der Waals surface area contributed by atoms with Gasteiger partial charge in [0.2, 0.25) is 0 Å². The van der Waals surface area contributed by atoms with Crippen molar-refractivity contribution < 1.29 is 0 Å². The second-order valence-electron chi connectivity index (χ2n) is 6.70. The van der Waals surface area contributed by atoms with Crippen LogP contribution in [0.4, 0.5) is 28.7 Å². The van der Waals surface area contributed by atoms with Gasteiger partial charge in [-0.05, 0) is 36.4 Å². The zero-order chi connectivity index (χ0) is 20.4. The molecule has 0 saturated carbocycles. The van der Waals surface area contributed by atoms with Gasteiger partial charge in [0, 0.05) is 52.6 Å². The molecule has 2 heterocycles. The third-order valence-corrected chi connectivity index (χ3v) is 5.41. The number of hydrogen-bond acceptors (Lipinski definition) is 6. The van der Waals surface area contributed by atoms with Gasteiger partial charge in [-0.3, -0.25) is 0 Å². The number of anilines is 5. The summed E-state index contributed by atoms with van der Waals surface area (Å²) < 4.78 is 0. The van der Waals surface area contributed by atoms with Gasteiger partial charge in [0.05, 0.1) is 0 Å². The predicted molar refractivity (Wildman–Crippen MR) is 122 cm³/mol. The van der Waals surface area contributed by atoms with E-state index in [9.17, 15) is 0 Å². The summed E-state index contributed by atoms with van der Waals surface area (Å²) in [6, 6.07) is 13.1. The molecule has 3 aromatic rings. The molecule has 0 atom stereocenters. The molecule has 0 bridgehead atoms. The van der Waals surface area contributed by atoms with E-state index in [-0.39, 0.29) is 0 Å². The van der Waals surface area contributed by atoms with Crippen molar-refractivity contribution in [1.29, 1.82) is 0 Å². The van der Waals surface area contributed by atoms with E-state index in [2.05, 4.69) is 31.2 Å². The monoisotopic (exact) mass is 448 g/mol. The lowest BCUT2D eigenvalue weighted by Crippen LogP contribution is -2.47. The zero-order valence-electron chi connectivity index (χ0n) is 15.4. The Kier molecular flexibility index (Phi) is 5.85. The summed E-state index contributed by atoms with van der Waals surface area (Å²) in [5, 5.41) is 4.98. The van der Waals surface area contributed by atoms with Gasteiger partial charge in [-0.25, -0.2) is 9.97 Å². The highest BCUT2D eigenvalue weighted by Gasteiger charge is 2.21. The van der Waals surface area contributed by atoms with E-state index in [0.717, 1.165) is 36.9 Å². The van der Waals surface area contributed by atoms with E-state index >= 15 is 0 Å². The van der Waals surface area contributed by atoms with Crippen molar-refractivity contribution in [2.24, 2.45) is 0 Å². The normalized spacial score (nSPS) is 14.2. The van der Waals surface area contributed by atoms with Crippen LogP contribution in [0.5, 0.6) is 0 Å². The molecule has 0 spiro atoms. The number of halogens is 3. The number of hydrogen-bond donors (Lipinski definition) is 2. The summed E-state index contributed by atoms with van der Waals surface area (Å²) in [5.74, 6) is 1.23. The summed E-state index contributed by atoms with van der Waals surface area (Å²) in [6.45, 7) is 3.26. The molecule has 0 unspecified atom stereocenters. The Morgan fingerprint density at radius 3 is 2.21 bits per heavy atom. The fourth-order valence-corrected chi connectivity index (χ4v) is 4.06. The smallest absolute Gasteiger partial charge is 0.159 e. The number of benzene rings is 2. The van der Waals surface area contributed by atoms with Gasteiger partial charge in [-0.15, -0.1) is 0 Å². The maximum absolute atomic E-state index is 6.38. The lowest BCUT2D eigenvalue weighted by Gasteiger charge is -2.37. The molecule has 0 radical (unpaired) electrons. The fourth-order valence-electron chi connectivity index (χ4n) is 3.35. The second-order valence-corrected chi connectivity index (χ2v) is 8.01. The minimum Gasteiger partial charge on any atom is -0.393 e. The van der Waals surface area contributed by atoms with Crippen LogP contribution >= 0.6 is 34.8 Å². The SMILES string of the molecule is Nc1c(Nc2cc(Cl)cc(Cl)c2)ncnc1N1CCN(c2cccc(Cl)c2)CC1. The molecule has 6 nitrogen and oxygen atoms in total. The van der Waals surface area contributed by atoms with Gasteiger partial charge in [-0.2, -0.15) is 0 Å². The predicted octanol–water partition coefficient (Wildman–Crippen LogP) is 5.09. The van der Waals surface area contributed by atoms with Crippen LogP contribution in [0.15, 0.2) is 48.8 Å². The molecule has 1 aliphatic heterocycles. The maximum atomic E-state index is 6.38. The van der Waals surface area contributed by atoms with Crippen LogP contribution in [0, 0.1) is 0 Å². The van der Waals surface area contributed by atoms with Crippen molar-refractivity contribution >= 4 is 63.5 Å². The van der Waals surface area contributed by atoms with Crippen LogP contribution in [-0.2, 0) is 0 Å². The molecule has 3 N–H and O–H groups in total. The summed E-state index contributed by atoms with van der Waals surface area (Å²) in [6.07, 6.45) is 1.50. The standard InChI is InChI=1S/C20H19Cl3N6/c21-13-2-1-3-17(11-13)28-4-6-29(7-5-28)20-18(24)19(25-12-26-20)27-16-9-14(22)8-15(23)10-16/h1-3,8-12H,4-7,24H2,(H,25,26,27). The lowest BCUT2D eigenvalue weighted by molar-refractivity contribution is 0.647. The largest absolute Gasteiger partial charge is 0.393 e. The van der Waals surface area contributed by atoms with Crippen molar-refractivity contribution in [1.82, 2.24) is 9.97 Å². The quantitative estimate of drug-likeness (QED) is 0.578. The fraction of sp³-hybridized carbons (Fsp3) is 0.200. The van der Waals surface area contributed by atoms with E-state index in [1.165, 1.54) is 6.33 Å². The van der Waals surface area contributed by atoms with Crippen LogP contribution in [0.1, 0.15) is 0 Å². The van der Waals surface area contributed by atoms with Gasteiger partial charge < -0.3 is 20.9 Å². The van der Waals surface area contributed by atoms with E-state index in [1.807, 2.05) is 18.2 Å². The Morgan fingerprint density at radius 1 is 0.828 bits per heavy atom. The van der Waals surface area contributed by atoms with Gasteiger partial charge >= 0.3 is 0 Å². The lowest BCUT2D eigenvalue weighted by atomic mass is 10.2. The Balaban J connectivity index is 1.49. The molecule has 1 aromatic heterocycles. The van der Waals surface area contributed by atoms with E-state index in [1.54, 1.807) is 18.2 Å². The average molecular weight is 450 g/mol. The Bertz CT molecular complexity index is 1000. The summed E-state index contributed by atoms with van der Waals surface area (Å²) >= 11 is 18.3. The molecular formula is C20H19Cl3N6. The molecule has 4 rings (SSSR count). The number of nitrogens with one attached hydrogen (secondary N) is 1. The van der Waals surface area contributed by atoms with Gasteiger partial charge in [0.15, 0.2) is 11.6 Å². The molecule has 1 fully saturated rings. The summed E-state index contributed by atoms with van der Waals surface area (Å²) in [7, 11) is 0. The van der Waals surface area contributed by atoms with E-state index < -0.39 is 0 Å². The number of piperazine rings is 1. The summed E-state index contributed by atoms with van der Waals surface area (Å²) in [4.78, 5) is 13.1. The van der Waals surface area contributed by atoms with Crippen molar-refractivity contribution in [3.8, 4) is 0 Å². The molecule has 1 saturated heterocycles. The number of aromatic nitrogens is 2. The minimum absolute atomic E-state index is 0.486. The van der Waals surface area contributed by atoms with Crippen LogP contribution in [-0.4, -0.2) is 36.1 Å². The molecule has 29 heavy (non-hydrogen) atoms. The van der Waals surface area contributed by atoms with E-state index in [0.29, 0.717) is 33.1 Å². The first-order chi connectivity index (χ1) is 14.0. The second kappa shape index (κ2) is 8.53. The first-order valence-electron chi connectivity index (χ1n) is 9.08. The van der Waals surface area contributed by atoms with Crippen molar-refractivity contribution in [3.05, 3.63) is 63.9 Å². The molecular weight excluding hydrogens is 431 g/mol. The topological polar surface area (TPSA) is 70.3 Å². The number of rotatable bonds is 4. The van der Waals surface area contributed by atoms with Crippen LogP contribution in [0.2, 0.25) is 15.1 Å².